The molecular weight excluding hydrogens is 384 g/mol. The summed E-state index contributed by atoms with van der Waals surface area (Å²) in [6.45, 7) is 5.79. The molecule has 2 aliphatic rings. The first-order chi connectivity index (χ1) is 13.6. The molecule has 3 heterocycles. The lowest BCUT2D eigenvalue weighted by molar-refractivity contribution is 0.120. The molecule has 9 nitrogen and oxygen atoms in total. The Morgan fingerprint density at radius 2 is 2.11 bits per heavy atom. The number of halogens is 1. The molecule has 0 radical (unpaired) electrons. The molecule has 0 saturated carbocycles. The van der Waals surface area contributed by atoms with Crippen LogP contribution in [0, 0.1) is 5.92 Å². The molecule has 1 fully saturated rings. The number of aliphatic imine (C=N–C) groups is 2. The summed E-state index contributed by atoms with van der Waals surface area (Å²) in [5, 5.41) is 6.73. The van der Waals surface area contributed by atoms with Gasteiger partial charge in [-0.25, -0.2) is 9.98 Å². The number of amidine groups is 1. The van der Waals surface area contributed by atoms with E-state index in [1.54, 1.807) is 18.3 Å². The van der Waals surface area contributed by atoms with Crippen LogP contribution in [0.2, 0.25) is 5.15 Å². The maximum Gasteiger partial charge on any atom is 0.299 e. The Morgan fingerprint density at radius 3 is 2.82 bits per heavy atom. The molecule has 0 aliphatic carbocycles. The number of hydrogen-bond donors (Lipinski definition) is 0. The minimum atomic E-state index is 0.238. The minimum absolute atomic E-state index is 0.238. The highest BCUT2D eigenvalue weighted by molar-refractivity contribution is 6.32. The highest BCUT2D eigenvalue weighted by Crippen LogP contribution is 2.25. The van der Waals surface area contributed by atoms with Gasteiger partial charge in [0.15, 0.2) is 11.0 Å². The Kier molecular flexibility index (Phi) is 7.41. The van der Waals surface area contributed by atoms with Crippen molar-refractivity contribution in [2.24, 2.45) is 21.0 Å². The molecule has 154 valence electrons. The summed E-state index contributed by atoms with van der Waals surface area (Å²) in [5.41, 5.74) is 1.02. The minimum Gasteiger partial charge on any atom is -0.418 e. The van der Waals surface area contributed by atoms with Crippen molar-refractivity contribution in [1.82, 2.24) is 9.99 Å². The van der Waals surface area contributed by atoms with Crippen LogP contribution < -0.4 is 4.90 Å². The molecule has 0 amide bonds. The van der Waals surface area contributed by atoms with Crippen LogP contribution in [0.15, 0.2) is 19.5 Å². The van der Waals surface area contributed by atoms with Gasteiger partial charge in [-0.2, -0.15) is 10.1 Å². The molecule has 10 heteroatoms. The van der Waals surface area contributed by atoms with E-state index in [1.807, 2.05) is 11.9 Å². The van der Waals surface area contributed by atoms with Gasteiger partial charge in [0, 0.05) is 51.5 Å². The number of rotatable bonds is 6. The van der Waals surface area contributed by atoms with Crippen molar-refractivity contribution in [3.8, 4) is 0 Å². The number of aromatic nitrogens is 1. The zero-order valence-corrected chi connectivity index (χ0v) is 17.4. The Balaban J connectivity index is 1.79. The van der Waals surface area contributed by atoms with Gasteiger partial charge in [0.1, 0.15) is 6.67 Å². The van der Waals surface area contributed by atoms with E-state index in [-0.39, 0.29) is 11.1 Å². The third kappa shape index (κ3) is 5.09. The van der Waals surface area contributed by atoms with Crippen LogP contribution in [0.4, 0.5) is 6.01 Å². The molecule has 0 bridgehead atoms. The predicted octanol–water partition coefficient (Wildman–Crippen LogP) is 2.30. The lowest BCUT2D eigenvalue weighted by atomic mass is 9.99. The van der Waals surface area contributed by atoms with Crippen molar-refractivity contribution in [3.63, 3.8) is 0 Å². The van der Waals surface area contributed by atoms with Crippen molar-refractivity contribution in [2.75, 3.05) is 58.6 Å². The fourth-order valence-electron chi connectivity index (χ4n) is 3.08. The first-order valence-corrected chi connectivity index (χ1v) is 9.84. The van der Waals surface area contributed by atoms with Crippen molar-refractivity contribution in [1.29, 1.82) is 0 Å². The van der Waals surface area contributed by atoms with Gasteiger partial charge in [0.2, 0.25) is 5.76 Å². The number of ether oxygens (including phenoxy) is 2. The number of methoxy groups -OCH3 is 1. The van der Waals surface area contributed by atoms with E-state index < -0.39 is 0 Å². The third-order valence-electron chi connectivity index (χ3n) is 4.63. The van der Waals surface area contributed by atoms with Crippen LogP contribution in [0.25, 0.3) is 0 Å². The largest absolute Gasteiger partial charge is 0.418 e. The van der Waals surface area contributed by atoms with Gasteiger partial charge in [0.25, 0.3) is 6.01 Å². The second kappa shape index (κ2) is 9.99. The maximum atomic E-state index is 6.34. The van der Waals surface area contributed by atoms with Gasteiger partial charge in [-0.15, -0.1) is 0 Å². The van der Waals surface area contributed by atoms with Gasteiger partial charge in [-0.3, -0.25) is 5.01 Å². The first-order valence-electron chi connectivity index (χ1n) is 9.46. The molecule has 0 N–H and O–H groups in total. The molecule has 1 aromatic rings. The molecule has 1 aromatic heterocycles. The summed E-state index contributed by atoms with van der Waals surface area (Å²) >= 11 is 6.34. The van der Waals surface area contributed by atoms with Gasteiger partial charge in [-0.05, 0) is 6.42 Å². The second-order valence-electron chi connectivity index (χ2n) is 6.66. The zero-order chi connectivity index (χ0) is 19.9. The average molecular weight is 411 g/mol. The fraction of sp³-hybridized carbons (Fsp3) is 0.667. The summed E-state index contributed by atoms with van der Waals surface area (Å²) in [5.74, 6) is 1.03. The number of anilines is 1. The van der Waals surface area contributed by atoms with Gasteiger partial charge in [0.05, 0.1) is 19.8 Å². The molecular formula is C18H27ClN6O3. The Bertz CT molecular complexity index is 742. The highest BCUT2D eigenvalue weighted by Gasteiger charge is 2.23. The molecule has 1 unspecified atom stereocenters. The number of hydrogen-bond acceptors (Lipinski definition) is 9. The smallest absolute Gasteiger partial charge is 0.299 e. The van der Waals surface area contributed by atoms with E-state index in [4.69, 9.17) is 25.5 Å². The van der Waals surface area contributed by atoms with Crippen molar-refractivity contribution in [3.05, 3.63) is 10.9 Å². The highest BCUT2D eigenvalue weighted by atomic mass is 35.5. The standard InChI is InChI=1S/C18H27ClN6O3/c1-4-13(11-26-3)14-5-6-20-17(21-12-24(2)23-14)15-16(19)22-18(28-15)25-7-9-27-10-8-25/h6,13H,4-5,7-12H2,1-3H3/b20-6?,21-17-,23-14+. The summed E-state index contributed by atoms with van der Waals surface area (Å²) in [7, 11) is 3.59. The van der Waals surface area contributed by atoms with Gasteiger partial charge in [-0.1, -0.05) is 18.5 Å². The summed E-state index contributed by atoms with van der Waals surface area (Å²) in [6.07, 6.45) is 3.34. The van der Waals surface area contributed by atoms with Crippen LogP contribution in [-0.2, 0) is 9.47 Å². The first kappa shape index (κ1) is 20.8. The number of nitrogens with zero attached hydrogens (tertiary/aromatic N) is 6. The Labute approximate surface area is 170 Å². The topological polar surface area (TPSA) is 88.0 Å². The van der Waals surface area contributed by atoms with Crippen LogP contribution in [0.3, 0.4) is 0 Å². The molecule has 0 spiro atoms. The molecule has 28 heavy (non-hydrogen) atoms. The van der Waals surface area contributed by atoms with Crippen LogP contribution >= 0.6 is 11.6 Å². The zero-order valence-electron chi connectivity index (χ0n) is 16.6. The summed E-state index contributed by atoms with van der Waals surface area (Å²) in [6, 6.07) is 0.470. The van der Waals surface area contributed by atoms with Crippen molar-refractivity contribution >= 4 is 35.4 Å². The molecule has 2 aliphatic heterocycles. The monoisotopic (exact) mass is 410 g/mol. The van der Waals surface area contributed by atoms with Gasteiger partial charge >= 0.3 is 0 Å². The second-order valence-corrected chi connectivity index (χ2v) is 7.02. The van der Waals surface area contributed by atoms with Crippen LogP contribution in [-0.4, -0.2) is 81.5 Å². The third-order valence-corrected chi connectivity index (χ3v) is 4.89. The number of oxazole rings is 1. The lowest BCUT2D eigenvalue weighted by Gasteiger charge is -2.24. The summed E-state index contributed by atoms with van der Waals surface area (Å²) in [4.78, 5) is 15.4. The molecule has 1 atom stereocenters. The predicted molar refractivity (Wildman–Crippen MR) is 110 cm³/mol. The van der Waals surface area contributed by atoms with E-state index in [9.17, 15) is 0 Å². The molecule has 1 saturated heterocycles. The summed E-state index contributed by atoms with van der Waals surface area (Å²) < 4.78 is 16.6. The Morgan fingerprint density at radius 1 is 1.32 bits per heavy atom. The quantitative estimate of drug-likeness (QED) is 0.715. The van der Waals surface area contributed by atoms with Crippen molar-refractivity contribution in [2.45, 2.75) is 19.8 Å². The average Bonchev–Trinajstić information content (AvgIpc) is 3.13. The molecule has 3 rings (SSSR count). The van der Waals surface area contributed by atoms with Gasteiger partial charge < -0.3 is 18.8 Å². The van der Waals surface area contributed by atoms with E-state index in [0.29, 0.717) is 63.6 Å². The SMILES string of the molecule is CCC(COC)/C1=N/N(C)C/N=C(/c2oc(N3CCOCC3)nc2Cl)N=CC1. The van der Waals surface area contributed by atoms with Crippen LogP contribution in [0.5, 0.6) is 0 Å². The van der Waals surface area contributed by atoms with E-state index in [2.05, 4.69) is 27.0 Å². The maximum absolute atomic E-state index is 6.34. The Hall–Kier alpha value is -1.97. The van der Waals surface area contributed by atoms with Crippen molar-refractivity contribution < 1.29 is 13.9 Å². The normalized spacial score (nSPS) is 23.3. The van der Waals surface area contributed by atoms with Crippen LogP contribution in [0.1, 0.15) is 25.5 Å². The lowest BCUT2D eigenvalue weighted by Crippen LogP contribution is -2.36. The van der Waals surface area contributed by atoms with E-state index >= 15 is 0 Å². The van der Waals surface area contributed by atoms with E-state index in [0.717, 1.165) is 12.1 Å². The fourth-order valence-corrected chi connectivity index (χ4v) is 3.27. The number of morpholine rings is 1. The molecule has 0 aromatic carbocycles. The van der Waals surface area contributed by atoms with E-state index in [1.165, 1.54) is 0 Å². The number of hydrazone groups is 1.